The average Bonchev–Trinajstić information content (AvgIpc) is 3.52. The van der Waals surface area contributed by atoms with Crippen LogP contribution in [0.3, 0.4) is 0 Å². The van der Waals surface area contributed by atoms with Crippen molar-refractivity contribution in [2.24, 2.45) is 11.8 Å². The summed E-state index contributed by atoms with van der Waals surface area (Å²) < 4.78 is 19.7. The van der Waals surface area contributed by atoms with Crippen LogP contribution in [0.5, 0.6) is 0 Å². The first kappa shape index (κ1) is 19.3. The molecule has 0 radical (unpaired) electrons. The number of H-pyrrole nitrogens is 1. The number of nitrogens with one attached hydrogen (secondary N) is 2. The molecule has 2 fully saturated rings. The first-order chi connectivity index (χ1) is 15.5. The Balaban J connectivity index is 1.20. The van der Waals surface area contributed by atoms with Crippen molar-refractivity contribution in [1.82, 2.24) is 9.88 Å². The Kier molecular flexibility index (Phi) is 4.23. The lowest BCUT2D eigenvalue weighted by molar-refractivity contribution is -0.135. The van der Waals surface area contributed by atoms with Crippen LogP contribution in [-0.4, -0.2) is 46.5 Å². The molecule has 3 aliphatic heterocycles. The van der Waals surface area contributed by atoms with Gasteiger partial charge in [0.2, 0.25) is 11.8 Å². The molecule has 4 atom stereocenters. The van der Waals surface area contributed by atoms with Gasteiger partial charge < -0.3 is 19.9 Å². The molecule has 32 heavy (non-hydrogen) atoms. The third kappa shape index (κ3) is 2.88. The van der Waals surface area contributed by atoms with Crippen LogP contribution >= 0.6 is 0 Å². The van der Waals surface area contributed by atoms with Gasteiger partial charge in [0.05, 0.1) is 24.5 Å². The standard InChI is InChI=1S/C25H22FN3O3/c26-16-4-3-5-17(12-16)28-23(30)21-20-8-10-25(32-20)14-29(24(31)22(21)25)11-9-15-13-27-19-7-2-1-6-18(15)19/h1-8,10,12-13,20-22,27H,9,11,14H2,(H,28,30)/t20-,21-,22+,25+/m0/s1. The van der Waals surface area contributed by atoms with Gasteiger partial charge >= 0.3 is 0 Å². The molecule has 6 nitrogen and oxygen atoms in total. The van der Waals surface area contributed by atoms with Crippen LogP contribution < -0.4 is 5.32 Å². The fourth-order valence-corrected chi connectivity index (χ4v) is 5.45. The molecule has 162 valence electrons. The molecule has 0 unspecified atom stereocenters. The lowest BCUT2D eigenvalue weighted by atomic mass is 9.77. The van der Waals surface area contributed by atoms with E-state index in [9.17, 15) is 14.0 Å². The number of rotatable bonds is 5. The molecule has 7 heteroatoms. The van der Waals surface area contributed by atoms with Crippen LogP contribution in [0, 0.1) is 17.7 Å². The van der Waals surface area contributed by atoms with E-state index in [0.29, 0.717) is 25.2 Å². The Hall–Kier alpha value is -3.45. The first-order valence-corrected chi connectivity index (χ1v) is 10.8. The van der Waals surface area contributed by atoms with E-state index in [4.69, 9.17) is 4.74 Å². The van der Waals surface area contributed by atoms with Crippen LogP contribution in [0.15, 0.2) is 66.9 Å². The zero-order valence-electron chi connectivity index (χ0n) is 17.3. The van der Waals surface area contributed by atoms with Crippen LogP contribution in [-0.2, 0) is 20.7 Å². The summed E-state index contributed by atoms with van der Waals surface area (Å²) in [6, 6.07) is 13.8. The number of anilines is 1. The van der Waals surface area contributed by atoms with Gasteiger partial charge in [-0.2, -0.15) is 0 Å². The number of fused-ring (bicyclic) bond motifs is 2. The van der Waals surface area contributed by atoms with Crippen molar-refractivity contribution in [2.45, 2.75) is 18.1 Å². The van der Waals surface area contributed by atoms with E-state index in [2.05, 4.69) is 16.4 Å². The van der Waals surface area contributed by atoms with Gasteiger partial charge in [-0.3, -0.25) is 9.59 Å². The second kappa shape index (κ2) is 7.03. The molecule has 2 bridgehead atoms. The number of hydrogen-bond acceptors (Lipinski definition) is 3. The fourth-order valence-electron chi connectivity index (χ4n) is 5.45. The molecule has 2 N–H and O–H groups in total. The van der Waals surface area contributed by atoms with Gasteiger partial charge in [-0.05, 0) is 36.2 Å². The summed E-state index contributed by atoms with van der Waals surface area (Å²) in [6.07, 6.45) is 6.09. The fraction of sp³-hybridized carbons (Fsp3) is 0.280. The molecule has 0 aliphatic carbocycles. The van der Waals surface area contributed by atoms with Crippen molar-refractivity contribution < 1.29 is 18.7 Å². The highest BCUT2D eigenvalue weighted by Gasteiger charge is 2.66. The summed E-state index contributed by atoms with van der Waals surface area (Å²) in [4.78, 5) is 31.5. The van der Waals surface area contributed by atoms with E-state index < -0.39 is 29.4 Å². The van der Waals surface area contributed by atoms with Crippen LogP contribution in [0.2, 0.25) is 0 Å². The summed E-state index contributed by atoms with van der Waals surface area (Å²) in [5.41, 5.74) is 1.84. The molecular weight excluding hydrogens is 409 g/mol. The Morgan fingerprint density at radius 3 is 3.00 bits per heavy atom. The normalized spacial score (nSPS) is 28.0. The largest absolute Gasteiger partial charge is 0.361 e. The van der Waals surface area contributed by atoms with Gasteiger partial charge in [0.25, 0.3) is 0 Å². The Labute approximate surface area is 184 Å². The maximum absolute atomic E-state index is 13.5. The predicted molar refractivity (Wildman–Crippen MR) is 117 cm³/mol. The number of aromatic nitrogens is 1. The van der Waals surface area contributed by atoms with Gasteiger partial charge in [-0.1, -0.05) is 36.4 Å². The molecule has 2 amide bonds. The molecule has 2 aromatic carbocycles. The molecule has 0 saturated carbocycles. The highest BCUT2D eigenvalue weighted by atomic mass is 19.1. The van der Waals surface area contributed by atoms with E-state index in [1.54, 1.807) is 11.0 Å². The van der Waals surface area contributed by atoms with Crippen molar-refractivity contribution in [3.63, 3.8) is 0 Å². The van der Waals surface area contributed by atoms with Crippen molar-refractivity contribution in [2.75, 3.05) is 18.4 Å². The topological polar surface area (TPSA) is 74.4 Å². The van der Waals surface area contributed by atoms with Crippen molar-refractivity contribution in [3.05, 3.63) is 78.3 Å². The number of amides is 2. The average molecular weight is 431 g/mol. The highest BCUT2D eigenvalue weighted by Crippen LogP contribution is 2.52. The van der Waals surface area contributed by atoms with E-state index in [1.807, 2.05) is 36.5 Å². The molecule has 4 heterocycles. The minimum Gasteiger partial charge on any atom is -0.361 e. The van der Waals surface area contributed by atoms with Crippen molar-refractivity contribution in [3.8, 4) is 0 Å². The molecule has 2 saturated heterocycles. The van der Waals surface area contributed by atoms with E-state index >= 15 is 0 Å². The van der Waals surface area contributed by atoms with E-state index in [0.717, 1.165) is 16.5 Å². The summed E-state index contributed by atoms with van der Waals surface area (Å²) in [5.74, 6) is -1.99. The van der Waals surface area contributed by atoms with Gasteiger partial charge in [-0.15, -0.1) is 0 Å². The summed E-state index contributed by atoms with van der Waals surface area (Å²) in [5, 5.41) is 3.92. The first-order valence-electron chi connectivity index (χ1n) is 10.8. The highest BCUT2D eigenvalue weighted by molar-refractivity contribution is 5.99. The molecule has 1 spiro atoms. The summed E-state index contributed by atoms with van der Waals surface area (Å²) >= 11 is 0. The van der Waals surface area contributed by atoms with E-state index in [1.165, 1.54) is 18.2 Å². The van der Waals surface area contributed by atoms with Crippen molar-refractivity contribution >= 4 is 28.4 Å². The zero-order chi connectivity index (χ0) is 21.9. The number of benzene rings is 2. The number of aromatic amines is 1. The smallest absolute Gasteiger partial charge is 0.231 e. The number of para-hydroxylation sites is 1. The molecule has 3 aliphatic rings. The number of ether oxygens (including phenoxy) is 1. The molecule has 1 aromatic heterocycles. The Morgan fingerprint density at radius 2 is 2.12 bits per heavy atom. The van der Waals surface area contributed by atoms with Crippen molar-refractivity contribution in [1.29, 1.82) is 0 Å². The Morgan fingerprint density at radius 1 is 1.25 bits per heavy atom. The second-order valence-electron chi connectivity index (χ2n) is 8.77. The number of likely N-dealkylation sites (tertiary alicyclic amines) is 1. The molecular formula is C25H22FN3O3. The van der Waals surface area contributed by atoms with Crippen LogP contribution in [0.1, 0.15) is 5.56 Å². The lowest BCUT2D eigenvalue weighted by Crippen LogP contribution is -2.41. The van der Waals surface area contributed by atoms with Gasteiger partial charge in [-0.25, -0.2) is 4.39 Å². The minimum absolute atomic E-state index is 0.0592. The maximum atomic E-state index is 13.5. The quantitative estimate of drug-likeness (QED) is 0.609. The number of hydrogen-bond donors (Lipinski definition) is 2. The minimum atomic E-state index is -0.758. The maximum Gasteiger partial charge on any atom is 0.231 e. The number of nitrogens with zero attached hydrogens (tertiary/aromatic N) is 1. The molecule has 6 rings (SSSR count). The molecule has 3 aromatic rings. The summed E-state index contributed by atoms with van der Waals surface area (Å²) in [7, 11) is 0. The number of carbonyl (C=O) groups excluding carboxylic acids is 2. The summed E-state index contributed by atoms with van der Waals surface area (Å²) in [6.45, 7) is 0.995. The van der Waals surface area contributed by atoms with Crippen LogP contribution in [0.25, 0.3) is 10.9 Å². The monoisotopic (exact) mass is 431 g/mol. The van der Waals surface area contributed by atoms with Gasteiger partial charge in [0.1, 0.15) is 11.4 Å². The third-order valence-corrected chi connectivity index (χ3v) is 6.90. The Bertz CT molecular complexity index is 1270. The van der Waals surface area contributed by atoms with E-state index in [-0.39, 0.29) is 11.8 Å². The van der Waals surface area contributed by atoms with Crippen LogP contribution in [0.4, 0.5) is 10.1 Å². The second-order valence-corrected chi connectivity index (χ2v) is 8.77. The third-order valence-electron chi connectivity index (χ3n) is 6.90. The zero-order valence-corrected chi connectivity index (χ0v) is 17.3. The van der Waals surface area contributed by atoms with Gasteiger partial charge in [0, 0.05) is 29.3 Å². The predicted octanol–water partition coefficient (Wildman–Crippen LogP) is 3.27. The van der Waals surface area contributed by atoms with Gasteiger partial charge in [0.15, 0.2) is 0 Å². The number of carbonyl (C=O) groups is 2. The number of halogens is 1. The lowest BCUT2D eigenvalue weighted by Gasteiger charge is -2.23. The SMILES string of the molecule is O=C(Nc1cccc(F)c1)[C@H]1[C@@H]2C=C[C@]3(CN(CCc4c[nH]c5ccccc45)C(=O)[C@@H]13)O2.